The van der Waals surface area contributed by atoms with E-state index in [0.717, 1.165) is 43.4 Å². The van der Waals surface area contributed by atoms with Crippen LogP contribution in [-0.2, 0) is 4.79 Å². The van der Waals surface area contributed by atoms with Crippen LogP contribution in [0, 0.1) is 11.8 Å². The van der Waals surface area contributed by atoms with Crippen molar-refractivity contribution in [3.8, 4) is 11.5 Å². The molecular formula is C30H36N4O5. The Morgan fingerprint density at radius 1 is 0.949 bits per heavy atom. The van der Waals surface area contributed by atoms with Gasteiger partial charge in [-0.2, -0.15) is 5.10 Å². The molecule has 2 unspecified atom stereocenters. The molecule has 2 aromatic rings. The first-order chi connectivity index (χ1) is 18.9. The molecule has 0 aromatic heterocycles. The minimum absolute atomic E-state index is 0.0418. The normalized spacial score (nSPS) is 18.3. The summed E-state index contributed by atoms with van der Waals surface area (Å²) < 4.78 is 10.9. The van der Waals surface area contributed by atoms with Crippen LogP contribution in [0.15, 0.2) is 59.7 Å². The number of carbonyl (C=O) groups is 3. The van der Waals surface area contributed by atoms with Crippen LogP contribution in [0.25, 0.3) is 0 Å². The zero-order valence-corrected chi connectivity index (χ0v) is 22.5. The minimum Gasteiger partial charge on any atom is -0.493 e. The number of allylic oxidation sites excluding steroid dienone is 2. The summed E-state index contributed by atoms with van der Waals surface area (Å²) in [5.41, 5.74) is 7.70. The van der Waals surface area contributed by atoms with Crippen molar-refractivity contribution in [3.63, 3.8) is 0 Å². The van der Waals surface area contributed by atoms with E-state index in [4.69, 9.17) is 20.3 Å². The summed E-state index contributed by atoms with van der Waals surface area (Å²) in [5.74, 6) is 0.355. The van der Waals surface area contributed by atoms with Crippen molar-refractivity contribution in [2.75, 3.05) is 27.3 Å². The number of unbranched alkanes of at least 4 members (excludes halogenated alkanes) is 3. The number of nitrogens with two attached hydrogens (primary N) is 1. The van der Waals surface area contributed by atoms with Gasteiger partial charge in [-0.25, -0.2) is 5.01 Å². The SMILES string of the molecule is COc1ccc(C2=NN(CCCCCCNC(=O)c3ccccc3C(N)=O)C(=O)C3CC=CCC23)cc1OC. The van der Waals surface area contributed by atoms with Gasteiger partial charge in [-0.15, -0.1) is 0 Å². The molecule has 206 valence electrons. The molecule has 0 spiro atoms. The number of hydrogen-bond acceptors (Lipinski definition) is 6. The number of primary amides is 1. The Balaban J connectivity index is 1.32. The van der Waals surface area contributed by atoms with Gasteiger partial charge in [-0.05, 0) is 56.0 Å². The Bertz CT molecular complexity index is 1270. The van der Waals surface area contributed by atoms with Crippen LogP contribution in [0.4, 0.5) is 0 Å². The van der Waals surface area contributed by atoms with Crippen LogP contribution in [0.1, 0.15) is 64.8 Å². The van der Waals surface area contributed by atoms with Crippen molar-refractivity contribution >= 4 is 23.4 Å². The Hall–Kier alpha value is -4.14. The van der Waals surface area contributed by atoms with Gasteiger partial charge in [0.25, 0.3) is 5.91 Å². The average Bonchev–Trinajstić information content (AvgIpc) is 2.97. The number of nitrogens with one attached hydrogen (secondary N) is 1. The smallest absolute Gasteiger partial charge is 0.252 e. The van der Waals surface area contributed by atoms with Crippen molar-refractivity contribution in [3.05, 3.63) is 71.3 Å². The topological polar surface area (TPSA) is 123 Å². The van der Waals surface area contributed by atoms with E-state index in [2.05, 4.69) is 17.5 Å². The van der Waals surface area contributed by atoms with Crippen molar-refractivity contribution in [2.45, 2.75) is 38.5 Å². The number of hydrazone groups is 1. The first-order valence-corrected chi connectivity index (χ1v) is 13.4. The summed E-state index contributed by atoms with van der Waals surface area (Å²) in [5, 5.41) is 9.33. The van der Waals surface area contributed by atoms with Crippen LogP contribution < -0.4 is 20.5 Å². The van der Waals surface area contributed by atoms with Crippen LogP contribution in [-0.4, -0.2) is 55.8 Å². The van der Waals surface area contributed by atoms with Crippen molar-refractivity contribution < 1.29 is 23.9 Å². The maximum atomic E-state index is 13.3. The molecular weight excluding hydrogens is 496 g/mol. The van der Waals surface area contributed by atoms with Crippen molar-refractivity contribution in [1.82, 2.24) is 10.3 Å². The van der Waals surface area contributed by atoms with E-state index >= 15 is 0 Å². The Morgan fingerprint density at radius 2 is 1.64 bits per heavy atom. The van der Waals surface area contributed by atoms with E-state index in [9.17, 15) is 14.4 Å². The zero-order chi connectivity index (χ0) is 27.8. The third-order valence-electron chi connectivity index (χ3n) is 7.28. The molecule has 1 aliphatic carbocycles. The maximum Gasteiger partial charge on any atom is 0.252 e. The maximum absolute atomic E-state index is 13.3. The summed E-state index contributed by atoms with van der Waals surface area (Å²) in [6.07, 6.45) is 9.09. The number of hydrogen-bond donors (Lipinski definition) is 2. The molecule has 39 heavy (non-hydrogen) atoms. The van der Waals surface area contributed by atoms with Crippen molar-refractivity contribution in [1.29, 1.82) is 0 Å². The number of benzene rings is 2. The Morgan fingerprint density at radius 3 is 2.36 bits per heavy atom. The lowest BCUT2D eigenvalue weighted by Gasteiger charge is -2.37. The first kappa shape index (κ1) is 27.9. The van der Waals surface area contributed by atoms with Gasteiger partial charge in [-0.3, -0.25) is 14.4 Å². The molecule has 2 aliphatic rings. The van der Waals surface area contributed by atoms with Gasteiger partial charge in [0.05, 0.1) is 37.0 Å². The third kappa shape index (κ3) is 6.47. The second-order valence-electron chi connectivity index (χ2n) is 9.75. The van der Waals surface area contributed by atoms with E-state index in [1.807, 2.05) is 18.2 Å². The average molecular weight is 533 g/mol. The van der Waals surface area contributed by atoms with Gasteiger partial charge < -0.3 is 20.5 Å². The molecule has 0 bridgehead atoms. The van der Waals surface area contributed by atoms with Gasteiger partial charge in [0.1, 0.15) is 0 Å². The molecule has 1 heterocycles. The van der Waals surface area contributed by atoms with Gasteiger partial charge >= 0.3 is 0 Å². The van der Waals surface area contributed by atoms with E-state index in [-0.39, 0.29) is 34.8 Å². The number of carbonyl (C=O) groups excluding carboxylic acids is 3. The number of ether oxygens (including phenoxy) is 2. The van der Waals surface area contributed by atoms with Crippen LogP contribution >= 0.6 is 0 Å². The molecule has 1 aliphatic heterocycles. The van der Waals surface area contributed by atoms with Crippen LogP contribution in [0.3, 0.4) is 0 Å². The van der Waals surface area contributed by atoms with E-state index in [1.165, 1.54) is 0 Å². The largest absolute Gasteiger partial charge is 0.493 e. The highest BCUT2D eigenvalue weighted by Gasteiger charge is 2.40. The van der Waals surface area contributed by atoms with Gasteiger partial charge in [-0.1, -0.05) is 37.1 Å². The number of amides is 3. The predicted octanol–water partition coefficient (Wildman–Crippen LogP) is 3.92. The highest BCUT2D eigenvalue weighted by molar-refractivity contribution is 6.07. The summed E-state index contributed by atoms with van der Waals surface area (Å²) in [6, 6.07) is 12.3. The fourth-order valence-corrected chi connectivity index (χ4v) is 5.20. The predicted molar refractivity (Wildman–Crippen MR) is 149 cm³/mol. The second kappa shape index (κ2) is 13.1. The fourth-order valence-electron chi connectivity index (χ4n) is 5.20. The lowest BCUT2D eigenvalue weighted by molar-refractivity contribution is -0.137. The van der Waals surface area contributed by atoms with E-state index in [0.29, 0.717) is 31.0 Å². The number of fused-ring (bicyclic) bond motifs is 1. The molecule has 0 radical (unpaired) electrons. The van der Waals surface area contributed by atoms with Crippen molar-refractivity contribution in [2.24, 2.45) is 22.7 Å². The molecule has 9 nitrogen and oxygen atoms in total. The minimum atomic E-state index is -0.625. The first-order valence-electron chi connectivity index (χ1n) is 13.4. The second-order valence-corrected chi connectivity index (χ2v) is 9.75. The summed E-state index contributed by atoms with van der Waals surface area (Å²) in [4.78, 5) is 37.3. The van der Waals surface area contributed by atoms with Crippen LogP contribution in [0.5, 0.6) is 11.5 Å². The van der Waals surface area contributed by atoms with Crippen LogP contribution in [0.2, 0.25) is 0 Å². The molecule has 0 fully saturated rings. The Labute approximate surface area is 229 Å². The molecule has 2 aromatic carbocycles. The monoisotopic (exact) mass is 532 g/mol. The highest BCUT2D eigenvalue weighted by Crippen LogP contribution is 2.37. The number of rotatable bonds is 12. The summed E-state index contributed by atoms with van der Waals surface area (Å²) >= 11 is 0. The third-order valence-corrected chi connectivity index (χ3v) is 7.28. The van der Waals surface area contributed by atoms with Gasteiger partial charge in [0.2, 0.25) is 11.8 Å². The number of methoxy groups -OCH3 is 2. The van der Waals surface area contributed by atoms with E-state index in [1.54, 1.807) is 43.5 Å². The van der Waals surface area contributed by atoms with Gasteiger partial charge in [0, 0.05) is 24.6 Å². The molecule has 9 heteroatoms. The molecule has 3 N–H and O–H groups in total. The molecule has 0 saturated carbocycles. The lowest BCUT2D eigenvalue weighted by Crippen LogP contribution is -2.45. The quantitative estimate of drug-likeness (QED) is 0.317. The summed E-state index contributed by atoms with van der Waals surface area (Å²) in [6.45, 7) is 1.03. The molecule has 2 atom stereocenters. The van der Waals surface area contributed by atoms with Gasteiger partial charge in [0.15, 0.2) is 11.5 Å². The number of nitrogens with zero attached hydrogens (tertiary/aromatic N) is 2. The summed E-state index contributed by atoms with van der Waals surface area (Å²) in [7, 11) is 3.22. The lowest BCUT2D eigenvalue weighted by atomic mass is 9.76. The molecule has 3 amide bonds. The van der Waals surface area contributed by atoms with E-state index < -0.39 is 5.91 Å². The zero-order valence-electron chi connectivity index (χ0n) is 22.5. The Kier molecular flexibility index (Phi) is 9.35. The standard InChI is InChI=1S/C30H36N4O5/c1-38-25-16-15-20(19-26(25)39-2)27-21-11-5-8-14-24(21)30(37)34(33-27)18-10-4-3-9-17-32-29(36)23-13-7-6-12-22(23)28(31)35/h5-8,12-13,15-16,19,21,24H,3-4,9-11,14,17-18H2,1-2H3,(H2,31,35)(H,32,36). The molecule has 0 saturated heterocycles. The highest BCUT2D eigenvalue weighted by atomic mass is 16.5. The molecule has 4 rings (SSSR count). The fraction of sp³-hybridized carbons (Fsp3) is 0.400.